The molecule has 0 aliphatic carbocycles. The van der Waals surface area contributed by atoms with Crippen molar-refractivity contribution in [2.24, 2.45) is 0 Å². The predicted octanol–water partition coefficient (Wildman–Crippen LogP) is 1.23. The Balaban J connectivity index is 2.25. The van der Waals surface area contributed by atoms with Gasteiger partial charge in [0.2, 0.25) is 0 Å². The van der Waals surface area contributed by atoms with Gasteiger partial charge in [-0.1, -0.05) is 49.5 Å². The molecule has 2 aromatic rings. The van der Waals surface area contributed by atoms with Crippen LogP contribution >= 0.6 is 0 Å². The molecule has 1 saturated heterocycles. The Hall–Kier alpha value is -2.30. The third-order valence-electron chi connectivity index (χ3n) is 5.65. The standard InChI is InChI=1S/C23H32N2O6Si/c1-21(2,3)31-19-22(29,13-11-16-9-7-6-8-10-16)17(15-26)30-23(19,32(4)5)25-14-12-18(27)24-20(25)28/h6-14,17,19,26,29,32H,15H2,1-5H3,(H,24,27,28)/t17-,19-,22-,23+/m1/s1. The molecule has 1 aliphatic heterocycles. The van der Waals surface area contributed by atoms with Crippen LogP contribution in [0.5, 0.6) is 0 Å². The second-order valence-corrected chi connectivity index (χ2v) is 12.6. The fourth-order valence-corrected chi connectivity index (χ4v) is 6.32. The molecule has 0 saturated carbocycles. The number of hydrogen-bond acceptors (Lipinski definition) is 6. The first-order valence-corrected chi connectivity index (χ1v) is 13.6. The van der Waals surface area contributed by atoms with E-state index in [1.807, 2.05) is 64.2 Å². The first-order valence-electron chi connectivity index (χ1n) is 10.7. The molecule has 0 unspecified atom stereocenters. The molecule has 3 rings (SSSR count). The van der Waals surface area contributed by atoms with Crippen molar-refractivity contribution in [2.75, 3.05) is 6.61 Å². The SMILES string of the molecule is C[SiH](C)[C@@]1(n2ccc(=O)[nH]c2=O)O[C@H](CO)[C@](O)(C=Cc2ccccc2)[C@H]1OC(C)(C)C. The molecule has 32 heavy (non-hydrogen) atoms. The number of aromatic amines is 1. The van der Waals surface area contributed by atoms with Crippen molar-refractivity contribution < 1.29 is 19.7 Å². The summed E-state index contributed by atoms with van der Waals surface area (Å²) in [6, 6.07) is 10.7. The monoisotopic (exact) mass is 460 g/mol. The Labute approximate surface area is 188 Å². The summed E-state index contributed by atoms with van der Waals surface area (Å²) in [5.41, 5.74) is -2.78. The Morgan fingerprint density at radius 2 is 1.88 bits per heavy atom. The van der Waals surface area contributed by atoms with Gasteiger partial charge in [-0.3, -0.25) is 14.3 Å². The smallest absolute Gasteiger partial charge is 0.330 e. The van der Waals surface area contributed by atoms with Gasteiger partial charge in [0.25, 0.3) is 5.56 Å². The van der Waals surface area contributed by atoms with Crippen molar-refractivity contribution in [3.63, 3.8) is 0 Å². The van der Waals surface area contributed by atoms with E-state index in [9.17, 15) is 19.8 Å². The van der Waals surface area contributed by atoms with E-state index in [-0.39, 0.29) is 0 Å². The van der Waals surface area contributed by atoms with Crippen LogP contribution in [0.15, 0.2) is 58.3 Å². The van der Waals surface area contributed by atoms with Crippen molar-refractivity contribution >= 4 is 14.9 Å². The molecule has 4 atom stereocenters. The lowest BCUT2D eigenvalue weighted by Crippen LogP contribution is -2.63. The van der Waals surface area contributed by atoms with Crippen LogP contribution in [-0.4, -0.2) is 58.6 Å². The molecule has 9 heteroatoms. The molecule has 0 spiro atoms. The van der Waals surface area contributed by atoms with E-state index < -0.39 is 55.4 Å². The van der Waals surface area contributed by atoms with Gasteiger partial charge < -0.3 is 19.7 Å². The number of H-pyrrole nitrogens is 1. The van der Waals surface area contributed by atoms with Gasteiger partial charge in [0, 0.05) is 12.3 Å². The van der Waals surface area contributed by atoms with Crippen molar-refractivity contribution in [3.8, 4) is 0 Å². The first-order chi connectivity index (χ1) is 14.9. The van der Waals surface area contributed by atoms with Crippen LogP contribution in [0.2, 0.25) is 13.1 Å². The summed E-state index contributed by atoms with van der Waals surface area (Å²) in [4.78, 5) is 26.9. The van der Waals surface area contributed by atoms with Crippen molar-refractivity contribution in [3.05, 3.63) is 75.1 Å². The van der Waals surface area contributed by atoms with Gasteiger partial charge in [-0.05, 0) is 32.4 Å². The number of nitrogens with zero attached hydrogens (tertiary/aromatic N) is 1. The van der Waals surface area contributed by atoms with Crippen molar-refractivity contribution in [1.29, 1.82) is 0 Å². The number of hydrogen-bond donors (Lipinski definition) is 3. The van der Waals surface area contributed by atoms with Gasteiger partial charge in [0.05, 0.1) is 21.0 Å². The summed E-state index contributed by atoms with van der Waals surface area (Å²) in [5.74, 6) is 0. The normalized spacial score (nSPS) is 28.6. The van der Waals surface area contributed by atoms with Crippen LogP contribution in [0.4, 0.5) is 0 Å². The predicted molar refractivity (Wildman–Crippen MR) is 125 cm³/mol. The molecule has 1 aliphatic rings. The van der Waals surface area contributed by atoms with Crippen LogP contribution in [0.1, 0.15) is 26.3 Å². The van der Waals surface area contributed by atoms with Gasteiger partial charge in [0.1, 0.15) is 17.8 Å². The number of aliphatic hydroxyl groups excluding tert-OH is 1. The van der Waals surface area contributed by atoms with Crippen LogP contribution in [0, 0.1) is 0 Å². The second kappa shape index (κ2) is 8.91. The summed E-state index contributed by atoms with van der Waals surface area (Å²) in [6.45, 7) is 9.00. The van der Waals surface area contributed by atoms with Crippen LogP contribution in [0.25, 0.3) is 6.08 Å². The largest absolute Gasteiger partial charge is 0.394 e. The van der Waals surface area contributed by atoms with E-state index in [4.69, 9.17) is 9.47 Å². The minimum atomic E-state index is -2.02. The first kappa shape index (κ1) is 24.3. The highest BCUT2D eigenvalue weighted by Crippen LogP contribution is 2.47. The highest BCUT2D eigenvalue weighted by Gasteiger charge is 2.66. The van der Waals surface area contributed by atoms with E-state index in [2.05, 4.69) is 4.98 Å². The molecule has 8 nitrogen and oxygen atoms in total. The van der Waals surface area contributed by atoms with Gasteiger partial charge in [-0.15, -0.1) is 0 Å². The highest BCUT2D eigenvalue weighted by atomic mass is 28.3. The zero-order valence-electron chi connectivity index (χ0n) is 19.1. The summed E-state index contributed by atoms with van der Waals surface area (Å²) in [5, 5.41) is 20.8. The number of rotatable bonds is 6. The summed E-state index contributed by atoms with van der Waals surface area (Å²) >= 11 is 0. The van der Waals surface area contributed by atoms with Crippen LogP contribution in [0.3, 0.4) is 0 Å². The fourth-order valence-electron chi connectivity index (χ4n) is 4.18. The minimum Gasteiger partial charge on any atom is -0.394 e. The number of benzene rings is 1. The molecule has 0 amide bonds. The van der Waals surface area contributed by atoms with E-state index in [1.54, 1.807) is 12.2 Å². The van der Waals surface area contributed by atoms with E-state index in [1.165, 1.54) is 16.8 Å². The number of ether oxygens (including phenoxy) is 2. The molecular weight excluding hydrogens is 428 g/mol. The zero-order valence-corrected chi connectivity index (χ0v) is 20.3. The van der Waals surface area contributed by atoms with Gasteiger partial charge in [-0.25, -0.2) is 4.79 Å². The van der Waals surface area contributed by atoms with Crippen LogP contribution in [-0.2, 0) is 14.8 Å². The molecule has 0 bridgehead atoms. The highest BCUT2D eigenvalue weighted by molar-refractivity contribution is 6.58. The molecule has 3 N–H and O–H groups in total. The Morgan fingerprint density at radius 1 is 1.22 bits per heavy atom. The maximum atomic E-state index is 12.9. The second-order valence-electron chi connectivity index (χ2n) is 9.42. The summed E-state index contributed by atoms with van der Waals surface area (Å²) in [6.07, 6.45) is 2.62. The average molecular weight is 461 g/mol. The van der Waals surface area contributed by atoms with Crippen molar-refractivity contribution in [2.45, 2.75) is 62.6 Å². The zero-order chi connectivity index (χ0) is 23.7. The third-order valence-corrected chi connectivity index (χ3v) is 8.02. The molecule has 2 heterocycles. The van der Waals surface area contributed by atoms with Crippen LogP contribution < -0.4 is 11.2 Å². The summed E-state index contributed by atoms with van der Waals surface area (Å²) in [7, 11) is -2.02. The van der Waals surface area contributed by atoms with Crippen molar-refractivity contribution in [1.82, 2.24) is 9.55 Å². The Morgan fingerprint density at radius 3 is 2.41 bits per heavy atom. The lowest BCUT2D eigenvalue weighted by molar-refractivity contribution is -0.164. The molecule has 174 valence electrons. The number of aliphatic hydroxyl groups is 2. The number of nitrogens with one attached hydrogen (secondary N) is 1. The minimum absolute atomic E-state index is 0.486. The topological polar surface area (TPSA) is 114 Å². The molecule has 0 radical (unpaired) electrons. The lowest BCUT2D eigenvalue weighted by atomic mass is 9.90. The lowest BCUT2D eigenvalue weighted by Gasteiger charge is -2.43. The van der Waals surface area contributed by atoms with E-state index >= 15 is 0 Å². The van der Waals surface area contributed by atoms with E-state index in [0.717, 1.165) is 5.56 Å². The number of aromatic nitrogens is 2. The maximum Gasteiger partial charge on any atom is 0.330 e. The molecule has 1 aromatic carbocycles. The summed E-state index contributed by atoms with van der Waals surface area (Å²) < 4.78 is 14.1. The van der Waals surface area contributed by atoms with Gasteiger partial charge in [-0.2, -0.15) is 0 Å². The maximum absolute atomic E-state index is 12.9. The molecule has 1 aromatic heterocycles. The molecule has 1 fully saturated rings. The Bertz CT molecular complexity index is 1070. The average Bonchev–Trinajstić information content (AvgIpc) is 2.96. The fraction of sp³-hybridized carbons (Fsp3) is 0.478. The van der Waals surface area contributed by atoms with E-state index in [0.29, 0.717) is 0 Å². The Kier molecular flexibility index (Phi) is 6.78. The van der Waals surface area contributed by atoms with Gasteiger partial charge in [0.15, 0.2) is 5.35 Å². The quantitative estimate of drug-likeness (QED) is 0.559. The van der Waals surface area contributed by atoms with Gasteiger partial charge >= 0.3 is 5.69 Å². The third kappa shape index (κ3) is 4.44. The molecular formula is C23H32N2O6Si.